The lowest BCUT2D eigenvalue weighted by atomic mass is 10.1. The molecular formula is C12H13BrN2O3. The standard InChI is InChI=1S/C12H13BrN2O3/c1-15(7-11(14)16)10-4-3-9(13)6-8(10)2-5-12(17)18/h2-6H,7H2,1H3,(H2,14,16)(H,17,18)/b5-2+. The van der Waals surface area contributed by atoms with Crippen molar-refractivity contribution in [1.82, 2.24) is 0 Å². The smallest absolute Gasteiger partial charge is 0.328 e. The maximum Gasteiger partial charge on any atom is 0.328 e. The van der Waals surface area contributed by atoms with Crippen molar-refractivity contribution in [3.8, 4) is 0 Å². The second-order valence-electron chi connectivity index (χ2n) is 3.70. The van der Waals surface area contributed by atoms with Crippen LogP contribution in [0, 0.1) is 0 Å². The van der Waals surface area contributed by atoms with E-state index in [0.717, 1.165) is 16.2 Å². The van der Waals surface area contributed by atoms with E-state index in [4.69, 9.17) is 10.8 Å². The van der Waals surface area contributed by atoms with Crippen LogP contribution in [0.2, 0.25) is 0 Å². The van der Waals surface area contributed by atoms with Gasteiger partial charge in [-0.1, -0.05) is 15.9 Å². The second kappa shape index (κ2) is 6.20. The number of rotatable bonds is 5. The number of amides is 1. The lowest BCUT2D eigenvalue weighted by Gasteiger charge is -2.20. The van der Waals surface area contributed by atoms with Crippen LogP contribution in [0.3, 0.4) is 0 Å². The van der Waals surface area contributed by atoms with E-state index in [-0.39, 0.29) is 6.54 Å². The average Bonchev–Trinajstić information content (AvgIpc) is 2.25. The molecule has 6 heteroatoms. The fraction of sp³-hybridized carbons (Fsp3) is 0.167. The Kier molecular flexibility index (Phi) is 4.91. The molecule has 0 fully saturated rings. The largest absolute Gasteiger partial charge is 0.478 e. The van der Waals surface area contributed by atoms with Crippen molar-refractivity contribution in [2.75, 3.05) is 18.5 Å². The molecule has 0 spiro atoms. The van der Waals surface area contributed by atoms with Crippen molar-refractivity contribution < 1.29 is 14.7 Å². The fourth-order valence-electron chi connectivity index (χ4n) is 1.49. The Morgan fingerprint density at radius 1 is 1.50 bits per heavy atom. The number of nitrogens with two attached hydrogens (primary N) is 1. The highest BCUT2D eigenvalue weighted by molar-refractivity contribution is 9.10. The number of likely N-dealkylation sites (N-methyl/N-ethyl adjacent to an activating group) is 1. The van der Waals surface area contributed by atoms with E-state index < -0.39 is 11.9 Å². The van der Waals surface area contributed by atoms with Crippen molar-refractivity contribution in [1.29, 1.82) is 0 Å². The summed E-state index contributed by atoms with van der Waals surface area (Å²) in [6.07, 6.45) is 2.52. The number of hydrogen-bond acceptors (Lipinski definition) is 3. The zero-order valence-electron chi connectivity index (χ0n) is 9.76. The molecule has 1 rings (SSSR count). The van der Waals surface area contributed by atoms with Crippen molar-refractivity contribution in [2.24, 2.45) is 5.73 Å². The van der Waals surface area contributed by atoms with Crippen LogP contribution >= 0.6 is 15.9 Å². The summed E-state index contributed by atoms with van der Waals surface area (Å²) in [7, 11) is 1.71. The summed E-state index contributed by atoms with van der Waals surface area (Å²) in [4.78, 5) is 23.1. The van der Waals surface area contributed by atoms with Gasteiger partial charge in [0.2, 0.25) is 5.91 Å². The van der Waals surface area contributed by atoms with Gasteiger partial charge in [-0.25, -0.2) is 4.79 Å². The summed E-state index contributed by atoms with van der Waals surface area (Å²) < 4.78 is 0.823. The third-order valence-electron chi connectivity index (χ3n) is 2.20. The molecule has 1 aromatic carbocycles. The number of hydrogen-bond donors (Lipinski definition) is 2. The molecule has 1 amide bonds. The Bertz CT molecular complexity index is 500. The second-order valence-corrected chi connectivity index (χ2v) is 4.61. The SMILES string of the molecule is CN(CC(N)=O)c1ccc(Br)cc1/C=C/C(=O)O. The van der Waals surface area contributed by atoms with E-state index in [1.54, 1.807) is 24.1 Å². The van der Waals surface area contributed by atoms with Crippen LogP contribution in [-0.4, -0.2) is 30.6 Å². The molecule has 1 aromatic rings. The molecule has 18 heavy (non-hydrogen) atoms. The topological polar surface area (TPSA) is 83.6 Å². The highest BCUT2D eigenvalue weighted by atomic mass is 79.9. The molecule has 0 bridgehead atoms. The van der Waals surface area contributed by atoms with Gasteiger partial charge in [-0.2, -0.15) is 0 Å². The molecule has 3 N–H and O–H groups in total. The molecule has 0 aromatic heterocycles. The van der Waals surface area contributed by atoms with Gasteiger partial charge in [0.05, 0.1) is 6.54 Å². The van der Waals surface area contributed by atoms with Gasteiger partial charge in [0.25, 0.3) is 0 Å². The number of anilines is 1. The predicted molar refractivity (Wildman–Crippen MR) is 73.3 cm³/mol. The fourth-order valence-corrected chi connectivity index (χ4v) is 1.87. The quantitative estimate of drug-likeness (QED) is 0.806. The van der Waals surface area contributed by atoms with Crippen LogP contribution in [-0.2, 0) is 9.59 Å². The third-order valence-corrected chi connectivity index (χ3v) is 2.69. The van der Waals surface area contributed by atoms with E-state index in [1.807, 2.05) is 6.07 Å². The van der Waals surface area contributed by atoms with Gasteiger partial charge in [0.1, 0.15) is 0 Å². The minimum Gasteiger partial charge on any atom is -0.478 e. The maximum atomic E-state index is 10.9. The van der Waals surface area contributed by atoms with Crippen LogP contribution in [0.1, 0.15) is 5.56 Å². The minimum atomic E-state index is -1.03. The maximum absolute atomic E-state index is 10.9. The molecule has 0 aliphatic heterocycles. The first kappa shape index (κ1) is 14.2. The highest BCUT2D eigenvalue weighted by Gasteiger charge is 2.08. The Hall–Kier alpha value is -1.82. The summed E-state index contributed by atoms with van der Waals surface area (Å²) in [6, 6.07) is 5.37. The average molecular weight is 313 g/mol. The van der Waals surface area contributed by atoms with Crippen LogP contribution in [0.25, 0.3) is 6.08 Å². The summed E-state index contributed by atoms with van der Waals surface area (Å²) in [5.74, 6) is -1.48. The van der Waals surface area contributed by atoms with E-state index in [0.29, 0.717) is 5.56 Å². The van der Waals surface area contributed by atoms with Crippen LogP contribution in [0.15, 0.2) is 28.7 Å². The molecule has 0 radical (unpaired) electrons. The Labute approximate surface area is 113 Å². The number of carboxylic acid groups (broad SMARTS) is 1. The zero-order chi connectivity index (χ0) is 13.7. The number of aliphatic carboxylic acids is 1. The monoisotopic (exact) mass is 312 g/mol. The number of carbonyl (C=O) groups is 2. The number of carbonyl (C=O) groups excluding carboxylic acids is 1. The summed E-state index contributed by atoms with van der Waals surface area (Å²) >= 11 is 3.31. The Morgan fingerprint density at radius 3 is 2.72 bits per heavy atom. The molecule has 96 valence electrons. The summed E-state index contributed by atoms with van der Waals surface area (Å²) in [5.41, 5.74) is 6.55. The Balaban J connectivity index is 3.10. The van der Waals surface area contributed by atoms with Gasteiger partial charge >= 0.3 is 5.97 Å². The number of halogens is 1. The first-order chi connectivity index (χ1) is 8.40. The molecule has 0 unspecified atom stereocenters. The molecule has 0 saturated carbocycles. The van der Waals surface area contributed by atoms with E-state index in [1.165, 1.54) is 6.08 Å². The van der Waals surface area contributed by atoms with E-state index in [9.17, 15) is 9.59 Å². The first-order valence-electron chi connectivity index (χ1n) is 5.10. The number of benzene rings is 1. The van der Waals surface area contributed by atoms with Gasteiger partial charge in [-0.3, -0.25) is 4.79 Å². The van der Waals surface area contributed by atoms with Crippen molar-refractivity contribution in [3.63, 3.8) is 0 Å². The van der Waals surface area contributed by atoms with Gasteiger partial charge in [-0.05, 0) is 29.8 Å². The van der Waals surface area contributed by atoms with Crippen molar-refractivity contribution >= 4 is 39.6 Å². The van der Waals surface area contributed by atoms with Gasteiger partial charge in [0.15, 0.2) is 0 Å². The van der Waals surface area contributed by atoms with Crippen molar-refractivity contribution in [2.45, 2.75) is 0 Å². The van der Waals surface area contributed by atoms with E-state index in [2.05, 4.69) is 15.9 Å². The summed E-state index contributed by atoms with van der Waals surface area (Å²) in [6.45, 7) is 0.0650. The highest BCUT2D eigenvalue weighted by Crippen LogP contribution is 2.25. The van der Waals surface area contributed by atoms with Crippen LogP contribution in [0.5, 0.6) is 0 Å². The lowest BCUT2D eigenvalue weighted by molar-refractivity contribution is -0.131. The lowest BCUT2D eigenvalue weighted by Crippen LogP contribution is -2.30. The molecule has 0 heterocycles. The molecule has 5 nitrogen and oxygen atoms in total. The number of nitrogens with zero attached hydrogens (tertiary/aromatic N) is 1. The predicted octanol–water partition coefficient (Wildman–Crippen LogP) is 1.47. The first-order valence-corrected chi connectivity index (χ1v) is 5.89. The molecule has 0 aliphatic carbocycles. The molecule has 0 aliphatic rings. The van der Waals surface area contributed by atoms with Crippen LogP contribution in [0.4, 0.5) is 5.69 Å². The molecule has 0 atom stereocenters. The van der Waals surface area contributed by atoms with Gasteiger partial charge in [-0.15, -0.1) is 0 Å². The van der Waals surface area contributed by atoms with Crippen LogP contribution < -0.4 is 10.6 Å². The number of primary amides is 1. The summed E-state index contributed by atoms with van der Waals surface area (Å²) in [5, 5.41) is 8.63. The number of carboxylic acids is 1. The minimum absolute atomic E-state index is 0.0650. The zero-order valence-corrected chi connectivity index (χ0v) is 11.3. The van der Waals surface area contributed by atoms with E-state index >= 15 is 0 Å². The van der Waals surface area contributed by atoms with Gasteiger partial charge in [0, 0.05) is 23.3 Å². The Morgan fingerprint density at radius 2 is 2.17 bits per heavy atom. The molecular weight excluding hydrogens is 300 g/mol. The third kappa shape index (κ3) is 4.21. The molecule has 0 saturated heterocycles. The normalized spacial score (nSPS) is 10.6. The van der Waals surface area contributed by atoms with Crippen molar-refractivity contribution in [3.05, 3.63) is 34.3 Å². The van der Waals surface area contributed by atoms with Gasteiger partial charge < -0.3 is 15.7 Å².